The summed E-state index contributed by atoms with van der Waals surface area (Å²) in [5, 5.41) is 0. The first kappa shape index (κ1) is 15.5. The summed E-state index contributed by atoms with van der Waals surface area (Å²) >= 11 is 0. The number of hydrogen-bond acceptors (Lipinski definition) is 3. The summed E-state index contributed by atoms with van der Waals surface area (Å²) in [5.74, 6) is 0.00719. The minimum absolute atomic E-state index is 0.00719. The van der Waals surface area contributed by atoms with Crippen LogP contribution in [0.15, 0.2) is 18.3 Å². The number of amides is 1. The Hall–Kier alpha value is -1.58. The summed E-state index contributed by atoms with van der Waals surface area (Å²) in [7, 11) is 2.05. The molecule has 106 valence electrons. The average Bonchev–Trinajstić information content (AvgIpc) is 2.46. The molecule has 0 saturated heterocycles. The second kappa shape index (κ2) is 7.77. The van der Waals surface area contributed by atoms with Gasteiger partial charge in [0.05, 0.1) is 11.9 Å². The molecule has 0 aromatic carbocycles. The van der Waals surface area contributed by atoms with E-state index in [1.807, 2.05) is 26.0 Å². The van der Waals surface area contributed by atoms with Gasteiger partial charge in [-0.05, 0) is 32.4 Å². The van der Waals surface area contributed by atoms with Crippen LogP contribution in [0.2, 0.25) is 0 Å². The zero-order valence-electron chi connectivity index (χ0n) is 12.5. The summed E-state index contributed by atoms with van der Waals surface area (Å²) in [5.41, 5.74) is 1.58. The lowest BCUT2D eigenvalue weighted by Crippen LogP contribution is -2.31. The number of unbranched alkanes of at least 4 members (excludes halogenated alkanes) is 1. The molecule has 0 saturated carbocycles. The Morgan fingerprint density at radius 3 is 2.37 bits per heavy atom. The zero-order valence-corrected chi connectivity index (χ0v) is 12.5. The lowest BCUT2D eigenvalue weighted by molar-refractivity contribution is 0.0767. The van der Waals surface area contributed by atoms with Crippen LogP contribution in [0.3, 0.4) is 0 Å². The third-order valence-electron chi connectivity index (χ3n) is 3.31. The van der Waals surface area contributed by atoms with Crippen LogP contribution >= 0.6 is 0 Å². The smallest absolute Gasteiger partial charge is 0.272 e. The van der Waals surface area contributed by atoms with Crippen LogP contribution in [0.1, 0.15) is 44.1 Å². The fourth-order valence-corrected chi connectivity index (χ4v) is 1.94. The second-order valence-corrected chi connectivity index (χ2v) is 4.65. The van der Waals surface area contributed by atoms with E-state index in [1.165, 1.54) is 6.42 Å². The van der Waals surface area contributed by atoms with Crippen LogP contribution < -0.4 is 4.90 Å². The van der Waals surface area contributed by atoms with Crippen LogP contribution in [0, 0.1) is 0 Å². The topological polar surface area (TPSA) is 36.4 Å². The number of pyridine rings is 1. The van der Waals surface area contributed by atoms with Gasteiger partial charge in [0.25, 0.3) is 5.91 Å². The van der Waals surface area contributed by atoms with E-state index >= 15 is 0 Å². The Labute approximate surface area is 116 Å². The van der Waals surface area contributed by atoms with Crippen molar-refractivity contribution in [1.82, 2.24) is 9.88 Å². The Morgan fingerprint density at radius 2 is 1.89 bits per heavy atom. The van der Waals surface area contributed by atoms with Gasteiger partial charge in [0.15, 0.2) is 0 Å². The highest BCUT2D eigenvalue weighted by Gasteiger charge is 2.13. The van der Waals surface area contributed by atoms with Crippen LogP contribution in [0.4, 0.5) is 5.69 Å². The van der Waals surface area contributed by atoms with Gasteiger partial charge in [0.2, 0.25) is 0 Å². The molecule has 0 N–H and O–H groups in total. The molecular formula is C15H25N3O. The van der Waals surface area contributed by atoms with Crippen molar-refractivity contribution in [3.05, 3.63) is 24.0 Å². The van der Waals surface area contributed by atoms with E-state index in [0.717, 1.165) is 31.7 Å². The van der Waals surface area contributed by atoms with Gasteiger partial charge in [-0.15, -0.1) is 0 Å². The summed E-state index contributed by atoms with van der Waals surface area (Å²) < 4.78 is 0. The maximum absolute atomic E-state index is 12.1. The molecule has 0 aliphatic rings. The van der Waals surface area contributed by atoms with Gasteiger partial charge in [-0.1, -0.05) is 13.3 Å². The molecule has 4 nitrogen and oxygen atoms in total. The number of rotatable bonds is 7. The van der Waals surface area contributed by atoms with Crippen molar-refractivity contribution in [2.45, 2.75) is 33.6 Å². The van der Waals surface area contributed by atoms with E-state index in [4.69, 9.17) is 0 Å². The van der Waals surface area contributed by atoms with Gasteiger partial charge in [0.1, 0.15) is 5.69 Å². The maximum Gasteiger partial charge on any atom is 0.272 e. The third kappa shape index (κ3) is 4.23. The third-order valence-corrected chi connectivity index (χ3v) is 3.31. The van der Waals surface area contributed by atoms with Crippen molar-refractivity contribution in [2.24, 2.45) is 0 Å². The predicted octanol–water partition coefficient (Wildman–Crippen LogP) is 2.80. The lowest BCUT2D eigenvalue weighted by Gasteiger charge is -2.20. The zero-order chi connectivity index (χ0) is 14.3. The van der Waals surface area contributed by atoms with Crippen molar-refractivity contribution >= 4 is 11.6 Å². The van der Waals surface area contributed by atoms with Gasteiger partial charge >= 0.3 is 0 Å². The molecule has 0 unspecified atom stereocenters. The Morgan fingerprint density at radius 1 is 1.21 bits per heavy atom. The fraction of sp³-hybridized carbons (Fsp3) is 0.600. The molecular weight excluding hydrogens is 238 g/mol. The highest BCUT2D eigenvalue weighted by Crippen LogP contribution is 2.13. The van der Waals surface area contributed by atoms with E-state index in [-0.39, 0.29) is 5.91 Å². The predicted molar refractivity (Wildman–Crippen MR) is 79.7 cm³/mol. The van der Waals surface area contributed by atoms with Crippen molar-refractivity contribution in [3.63, 3.8) is 0 Å². The molecule has 1 aromatic rings. The normalized spacial score (nSPS) is 10.3. The molecule has 19 heavy (non-hydrogen) atoms. The van der Waals surface area contributed by atoms with Gasteiger partial charge in [-0.25, -0.2) is 4.98 Å². The van der Waals surface area contributed by atoms with Crippen molar-refractivity contribution in [3.8, 4) is 0 Å². The molecule has 0 aliphatic carbocycles. The molecule has 0 bridgehead atoms. The summed E-state index contributed by atoms with van der Waals surface area (Å²) in [4.78, 5) is 20.4. The van der Waals surface area contributed by atoms with E-state index in [9.17, 15) is 4.79 Å². The first-order valence-corrected chi connectivity index (χ1v) is 7.10. The Kier molecular flexibility index (Phi) is 6.33. The maximum atomic E-state index is 12.1. The number of hydrogen-bond donors (Lipinski definition) is 0. The number of carbonyl (C=O) groups is 1. The van der Waals surface area contributed by atoms with Crippen molar-refractivity contribution in [1.29, 1.82) is 0 Å². The largest absolute Gasteiger partial charge is 0.373 e. The molecule has 0 radical (unpaired) electrons. The van der Waals surface area contributed by atoms with E-state index < -0.39 is 0 Å². The molecule has 1 heterocycles. The SMILES string of the molecule is CCCCN(C)c1ccc(C(=O)N(CC)CC)nc1. The highest BCUT2D eigenvalue weighted by molar-refractivity contribution is 5.92. The number of aromatic nitrogens is 1. The monoisotopic (exact) mass is 263 g/mol. The van der Waals surface area contributed by atoms with E-state index in [2.05, 4.69) is 23.9 Å². The van der Waals surface area contributed by atoms with Gasteiger partial charge in [-0.3, -0.25) is 4.79 Å². The number of anilines is 1. The molecule has 0 spiro atoms. The van der Waals surface area contributed by atoms with Gasteiger partial charge in [-0.2, -0.15) is 0 Å². The van der Waals surface area contributed by atoms with Crippen LogP contribution in [0.25, 0.3) is 0 Å². The minimum Gasteiger partial charge on any atom is -0.373 e. The molecule has 4 heteroatoms. The van der Waals surface area contributed by atoms with Crippen LogP contribution in [-0.4, -0.2) is 42.5 Å². The summed E-state index contributed by atoms with van der Waals surface area (Å²) in [6, 6.07) is 3.79. The Bertz CT molecular complexity index is 385. The Balaban J connectivity index is 2.73. The first-order chi connectivity index (χ1) is 9.13. The summed E-state index contributed by atoms with van der Waals surface area (Å²) in [6.45, 7) is 8.59. The molecule has 1 aromatic heterocycles. The number of nitrogens with zero attached hydrogens (tertiary/aromatic N) is 3. The van der Waals surface area contributed by atoms with Crippen LogP contribution in [-0.2, 0) is 0 Å². The minimum atomic E-state index is 0.00719. The summed E-state index contributed by atoms with van der Waals surface area (Å²) in [6.07, 6.45) is 4.12. The van der Waals surface area contributed by atoms with Crippen molar-refractivity contribution < 1.29 is 4.79 Å². The molecule has 1 amide bonds. The average molecular weight is 263 g/mol. The lowest BCUT2D eigenvalue weighted by atomic mass is 10.2. The highest BCUT2D eigenvalue weighted by atomic mass is 16.2. The second-order valence-electron chi connectivity index (χ2n) is 4.65. The fourth-order valence-electron chi connectivity index (χ4n) is 1.94. The van der Waals surface area contributed by atoms with Crippen LogP contribution in [0.5, 0.6) is 0 Å². The van der Waals surface area contributed by atoms with E-state index in [0.29, 0.717) is 5.69 Å². The van der Waals surface area contributed by atoms with Gasteiger partial charge < -0.3 is 9.80 Å². The number of carbonyl (C=O) groups excluding carboxylic acids is 1. The standard InChI is InChI=1S/C15H25N3O/c1-5-8-11-17(4)13-9-10-14(16-12-13)15(19)18(6-2)7-3/h9-10,12H,5-8,11H2,1-4H3. The molecule has 0 aliphatic heterocycles. The molecule has 1 rings (SSSR count). The first-order valence-electron chi connectivity index (χ1n) is 7.10. The molecule has 0 atom stereocenters. The van der Waals surface area contributed by atoms with E-state index in [1.54, 1.807) is 11.1 Å². The van der Waals surface area contributed by atoms with Crippen molar-refractivity contribution in [2.75, 3.05) is 31.6 Å². The quantitative estimate of drug-likeness (QED) is 0.759. The van der Waals surface area contributed by atoms with Gasteiger partial charge in [0, 0.05) is 26.7 Å². The molecule has 0 fully saturated rings.